The number of hydrogen-bond donors (Lipinski definition) is 0. The number of rotatable bonds is 3. The number of pyridine rings is 1. The second-order valence-corrected chi connectivity index (χ2v) is 6.65. The number of nitrogens with zero attached hydrogens (tertiary/aromatic N) is 6. The Hall–Kier alpha value is -2.62. The summed E-state index contributed by atoms with van der Waals surface area (Å²) in [5, 5.41) is 1.48. The smallest absolute Gasteiger partial charge is 0.353 e. The number of hydrogen-bond acceptors (Lipinski definition) is 6. The van der Waals surface area contributed by atoms with Crippen molar-refractivity contribution in [3.63, 3.8) is 0 Å². The van der Waals surface area contributed by atoms with Gasteiger partial charge < -0.3 is 9.80 Å². The van der Waals surface area contributed by atoms with E-state index in [1.165, 1.54) is 0 Å². The van der Waals surface area contributed by atoms with Crippen LogP contribution in [0.2, 0.25) is 0 Å². The fraction of sp³-hybridized carbons (Fsp3) is 0.312. The predicted molar refractivity (Wildman–Crippen MR) is 92.9 cm³/mol. The largest absolute Gasteiger partial charge is 0.434 e. The first-order valence-corrected chi connectivity index (χ1v) is 8.87. The highest BCUT2D eigenvalue weighted by atomic mass is 32.1. The van der Waals surface area contributed by atoms with Gasteiger partial charge in [-0.1, -0.05) is 6.07 Å². The molecule has 0 N–H and O–H groups in total. The van der Waals surface area contributed by atoms with E-state index in [1.807, 2.05) is 33.9 Å². The van der Waals surface area contributed by atoms with Crippen LogP contribution < -0.4 is 9.80 Å². The quantitative estimate of drug-likeness (QED) is 0.699. The minimum absolute atomic E-state index is 0.414. The molecule has 0 saturated carbocycles. The zero-order chi connectivity index (χ0) is 18.1. The van der Waals surface area contributed by atoms with Crippen molar-refractivity contribution in [2.45, 2.75) is 6.18 Å². The zero-order valence-electron chi connectivity index (χ0n) is 13.6. The first-order valence-electron chi connectivity index (χ1n) is 7.99. The molecule has 0 bridgehead atoms. The van der Waals surface area contributed by atoms with E-state index in [0.717, 1.165) is 28.4 Å². The first-order chi connectivity index (χ1) is 12.5. The molecule has 3 aromatic rings. The second kappa shape index (κ2) is 6.60. The van der Waals surface area contributed by atoms with Crippen LogP contribution in [0.5, 0.6) is 0 Å². The van der Waals surface area contributed by atoms with Gasteiger partial charge in [-0.3, -0.25) is 4.57 Å². The lowest BCUT2D eigenvalue weighted by atomic mass is 10.3. The molecule has 0 spiro atoms. The molecule has 0 amide bonds. The highest BCUT2D eigenvalue weighted by Crippen LogP contribution is 2.33. The molecule has 6 nitrogen and oxygen atoms in total. The molecule has 136 valence electrons. The van der Waals surface area contributed by atoms with Crippen molar-refractivity contribution in [2.75, 3.05) is 36.0 Å². The molecule has 3 aromatic heterocycles. The van der Waals surface area contributed by atoms with E-state index in [4.69, 9.17) is 0 Å². The van der Waals surface area contributed by atoms with E-state index in [2.05, 4.69) is 19.9 Å². The minimum atomic E-state index is -4.39. The summed E-state index contributed by atoms with van der Waals surface area (Å²) in [5.74, 6) is 1.61. The van der Waals surface area contributed by atoms with Gasteiger partial charge in [-0.25, -0.2) is 15.0 Å². The number of imidazole rings is 1. The lowest BCUT2D eigenvalue weighted by molar-refractivity contribution is -0.140. The van der Waals surface area contributed by atoms with Crippen LogP contribution in [0, 0.1) is 0 Å². The predicted octanol–water partition coefficient (Wildman–Crippen LogP) is 3.07. The maximum Gasteiger partial charge on any atom is 0.434 e. The highest BCUT2D eigenvalue weighted by Gasteiger charge is 2.34. The van der Waals surface area contributed by atoms with Crippen molar-refractivity contribution >= 4 is 22.3 Å². The van der Waals surface area contributed by atoms with Crippen LogP contribution in [0.25, 0.3) is 5.82 Å². The van der Waals surface area contributed by atoms with Crippen molar-refractivity contribution in [1.29, 1.82) is 0 Å². The van der Waals surface area contributed by atoms with Gasteiger partial charge in [0.05, 0.1) is 0 Å². The molecule has 1 aliphatic heterocycles. The van der Waals surface area contributed by atoms with Gasteiger partial charge in [0.1, 0.15) is 18.0 Å². The van der Waals surface area contributed by atoms with Crippen molar-refractivity contribution < 1.29 is 13.2 Å². The van der Waals surface area contributed by atoms with Crippen LogP contribution in [0.15, 0.2) is 42.3 Å². The Labute approximate surface area is 151 Å². The summed E-state index contributed by atoms with van der Waals surface area (Å²) in [7, 11) is 0. The molecular formula is C16H15F3N6S. The molecule has 0 unspecified atom stereocenters. The summed E-state index contributed by atoms with van der Waals surface area (Å²) in [5.41, 5.74) is -0.824. The fourth-order valence-electron chi connectivity index (χ4n) is 2.79. The SMILES string of the molecule is FC(F)(F)c1csc(N2CCN(c3cccc(-n4ccnc4)n3)CC2)n1. The molecule has 0 radical (unpaired) electrons. The Morgan fingerprint density at radius 2 is 1.69 bits per heavy atom. The number of piperazine rings is 1. The number of halogens is 3. The van der Waals surface area contributed by atoms with E-state index in [0.29, 0.717) is 31.3 Å². The Morgan fingerprint density at radius 3 is 2.35 bits per heavy atom. The molecule has 0 aromatic carbocycles. The summed E-state index contributed by atoms with van der Waals surface area (Å²) < 4.78 is 40.0. The van der Waals surface area contributed by atoms with E-state index in [-0.39, 0.29) is 0 Å². The Balaban J connectivity index is 1.44. The Morgan fingerprint density at radius 1 is 0.962 bits per heavy atom. The molecule has 4 rings (SSSR count). The number of anilines is 2. The average molecular weight is 380 g/mol. The highest BCUT2D eigenvalue weighted by molar-refractivity contribution is 7.13. The van der Waals surface area contributed by atoms with Crippen LogP contribution in [0.3, 0.4) is 0 Å². The van der Waals surface area contributed by atoms with Gasteiger partial charge in [0.15, 0.2) is 10.8 Å². The zero-order valence-corrected chi connectivity index (χ0v) is 14.4. The topological polar surface area (TPSA) is 50.1 Å². The lowest BCUT2D eigenvalue weighted by Crippen LogP contribution is -2.46. The van der Waals surface area contributed by atoms with Gasteiger partial charge in [-0.15, -0.1) is 11.3 Å². The van der Waals surface area contributed by atoms with Crippen LogP contribution in [-0.4, -0.2) is 45.7 Å². The Kier molecular flexibility index (Phi) is 4.27. The first kappa shape index (κ1) is 16.8. The van der Waals surface area contributed by atoms with Crippen LogP contribution >= 0.6 is 11.3 Å². The van der Waals surface area contributed by atoms with Gasteiger partial charge in [0.25, 0.3) is 0 Å². The number of thiazole rings is 1. The summed E-state index contributed by atoms with van der Waals surface area (Å²) in [6.07, 6.45) is 0.806. The Bertz CT molecular complexity index is 868. The minimum Gasteiger partial charge on any atom is -0.353 e. The standard InChI is InChI=1S/C16H15F3N6S/c17-16(18,19)12-10-26-15(21-12)24-8-6-23(7-9-24)13-2-1-3-14(22-13)25-5-4-20-11-25/h1-5,10-11H,6-9H2. The summed E-state index contributed by atoms with van der Waals surface area (Å²) in [6.45, 7) is 2.53. The van der Waals surface area contributed by atoms with Gasteiger partial charge in [0.2, 0.25) is 0 Å². The van der Waals surface area contributed by atoms with E-state index < -0.39 is 11.9 Å². The molecular weight excluding hydrogens is 365 g/mol. The fourth-order valence-corrected chi connectivity index (χ4v) is 3.68. The molecule has 1 aliphatic rings. The summed E-state index contributed by atoms with van der Waals surface area (Å²) in [6, 6.07) is 5.76. The van der Waals surface area contributed by atoms with Gasteiger partial charge in [-0.2, -0.15) is 13.2 Å². The van der Waals surface area contributed by atoms with Crippen molar-refractivity contribution in [2.24, 2.45) is 0 Å². The van der Waals surface area contributed by atoms with Crippen molar-refractivity contribution in [1.82, 2.24) is 19.5 Å². The third-order valence-electron chi connectivity index (χ3n) is 4.15. The molecule has 26 heavy (non-hydrogen) atoms. The van der Waals surface area contributed by atoms with Gasteiger partial charge in [-0.05, 0) is 12.1 Å². The summed E-state index contributed by atoms with van der Waals surface area (Å²) in [4.78, 5) is 16.4. The van der Waals surface area contributed by atoms with Gasteiger partial charge in [0, 0.05) is 44.0 Å². The third-order valence-corrected chi connectivity index (χ3v) is 5.05. The van der Waals surface area contributed by atoms with Gasteiger partial charge >= 0.3 is 6.18 Å². The third kappa shape index (κ3) is 3.36. The molecule has 10 heteroatoms. The van der Waals surface area contributed by atoms with Crippen molar-refractivity contribution in [3.05, 3.63) is 48.0 Å². The summed E-state index contributed by atoms with van der Waals surface area (Å²) >= 11 is 1.03. The monoisotopic (exact) mass is 380 g/mol. The molecule has 1 saturated heterocycles. The maximum absolute atomic E-state index is 12.7. The van der Waals surface area contributed by atoms with Crippen LogP contribution in [0.4, 0.5) is 24.1 Å². The molecule has 4 heterocycles. The van der Waals surface area contributed by atoms with E-state index >= 15 is 0 Å². The van der Waals surface area contributed by atoms with Crippen LogP contribution in [-0.2, 0) is 6.18 Å². The van der Waals surface area contributed by atoms with Crippen LogP contribution in [0.1, 0.15) is 5.69 Å². The second-order valence-electron chi connectivity index (χ2n) is 5.81. The van der Waals surface area contributed by atoms with E-state index in [9.17, 15) is 13.2 Å². The molecule has 0 atom stereocenters. The average Bonchev–Trinajstić information content (AvgIpc) is 3.33. The van der Waals surface area contributed by atoms with Crippen molar-refractivity contribution in [3.8, 4) is 5.82 Å². The maximum atomic E-state index is 12.7. The molecule has 1 fully saturated rings. The normalized spacial score (nSPS) is 15.5. The number of alkyl halides is 3. The molecule has 0 aliphatic carbocycles. The number of aromatic nitrogens is 4. The lowest BCUT2D eigenvalue weighted by Gasteiger charge is -2.35. The van der Waals surface area contributed by atoms with E-state index in [1.54, 1.807) is 12.5 Å².